The number of likely N-dealkylation sites (N-methyl/N-ethyl adjacent to an activating group) is 1. The van der Waals surface area contributed by atoms with Crippen LogP contribution in [0.3, 0.4) is 0 Å². The minimum Gasteiger partial charge on any atom is -0.336 e. The normalized spacial score (nSPS) is 15.6. The standard InChI is InChI=1S/C20H24N2O/c1-2-21-12-14-22(15-13-21)20(23)19-11-7-6-10-18(19)16-17-8-4-3-5-9-17/h3-11H,2,12-16H2,1H3. The fraction of sp³-hybridized carbons (Fsp3) is 0.350. The second kappa shape index (κ2) is 7.42. The second-order valence-electron chi connectivity index (χ2n) is 6.05. The highest BCUT2D eigenvalue weighted by molar-refractivity contribution is 5.95. The molecule has 1 aliphatic rings. The van der Waals surface area contributed by atoms with Gasteiger partial charge in [-0.1, -0.05) is 55.5 Å². The van der Waals surface area contributed by atoms with E-state index >= 15 is 0 Å². The van der Waals surface area contributed by atoms with Crippen molar-refractivity contribution in [1.29, 1.82) is 0 Å². The summed E-state index contributed by atoms with van der Waals surface area (Å²) in [7, 11) is 0. The molecule has 1 amide bonds. The van der Waals surface area contributed by atoms with Crippen LogP contribution in [0.25, 0.3) is 0 Å². The first-order chi connectivity index (χ1) is 11.3. The Morgan fingerprint density at radius 1 is 0.913 bits per heavy atom. The highest BCUT2D eigenvalue weighted by Gasteiger charge is 2.22. The molecular formula is C20H24N2O. The quantitative estimate of drug-likeness (QED) is 0.867. The number of carbonyl (C=O) groups is 1. The zero-order valence-electron chi connectivity index (χ0n) is 13.7. The molecule has 0 aromatic heterocycles. The van der Waals surface area contributed by atoms with Crippen LogP contribution in [-0.4, -0.2) is 48.4 Å². The second-order valence-corrected chi connectivity index (χ2v) is 6.05. The minimum atomic E-state index is 0.173. The summed E-state index contributed by atoms with van der Waals surface area (Å²) < 4.78 is 0. The van der Waals surface area contributed by atoms with Gasteiger partial charge in [-0.15, -0.1) is 0 Å². The van der Waals surface area contributed by atoms with Crippen molar-refractivity contribution in [2.24, 2.45) is 0 Å². The molecule has 3 nitrogen and oxygen atoms in total. The lowest BCUT2D eigenvalue weighted by molar-refractivity contribution is 0.0642. The molecule has 3 heteroatoms. The molecule has 1 heterocycles. The molecule has 1 aliphatic heterocycles. The number of piperazine rings is 1. The van der Waals surface area contributed by atoms with Crippen LogP contribution in [0.15, 0.2) is 54.6 Å². The summed E-state index contributed by atoms with van der Waals surface area (Å²) in [6.45, 7) is 6.84. The van der Waals surface area contributed by atoms with E-state index in [1.54, 1.807) is 0 Å². The summed E-state index contributed by atoms with van der Waals surface area (Å²) >= 11 is 0. The van der Waals surface area contributed by atoms with Gasteiger partial charge in [-0.2, -0.15) is 0 Å². The summed E-state index contributed by atoms with van der Waals surface area (Å²) in [5.74, 6) is 0.173. The van der Waals surface area contributed by atoms with Crippen LogP contribution in [0.2, 0.25) is 0 Å². The molecule has 2 aromatic carbocycles. The average molecular weight is 308 g/mol. The number of benzene rings is 2. The van der Waals surface area contributed by atoms with Gasteiger partial charge in [0.05, 0.1) is 0 Å². The van der Waals surface area contributed by atoms with E-state index in [1.165, 1.54) is 5.56 Å². The Morgan fingerprint density at radius 2 is 1.57 bits per heavy atom. The summed E-state index contributed by atoms with van der Waals surface area (Å²) in [6, 6.07) is 18.4. The van der Waals surface area contributed by atoms with E-state index in [1.807, 2.05) is 41.3 Å². The zero-order valence-corrected chi connectivity index (χ0v) is 13.7. The highest BCUT2D eigenvalue weighted by atomic mass is 16.2. The van der Waals surface area contributed by atoms with E-state index in [9.17, 15) is 4.79 Å². The van der Waals surface area contributed by atoms with Crippen molar-refractivity contribution in [3.8, 4) is 0 Å². The van der Waals surface area contributed by atoms with E-state index in [0.717, 1.165) is 50.3 Å². The van der Waals surface area contributed by atoms with Gasteiger partial charge < -0.3 is 9.80 Å². The molecule has 23 heavy (non-hydrogen) atoms. The average Bonchev–Trinajstić information content (AvgIpc) is 2.62. The fourth-order valence-corrected chi connectivity index (χ4v) is 3.14. The molecule has 0 atom stereocenters. The van der Waals surface area contributed by atoms with Crippen LogP contribution in [0.5, 0.6) is 0 Å². The van der Waals surface area contributed by atoms with Crippen molar-refractivity contribution < 1.29 is 4.79 Å². The predicted molar refractivity (Wildman–Crippen MR) is 93.7 cm³/mol. The van der Waals surface area contributed by atoms with Gasteiger partial charge in [0.2, 0.25) is 0 Å². The van der Waals surface area contributed by atoms with Gasteiger partial charge in [0.15, 0.2) is 0 Å². The van der Waals surface area contributed by atoms with Gasteiger partial charge in [-0.05, 0) is 30.2 Å². The minimum absolute atomic E-state index is 0.173. The SMILES string of the molecule is CCN1CCN(C(=O)c2ccccc2Cc2ccccc2)CC1. The van der Waals surface area contributed by atoms with Crippen LogP contribution < -0.4 is 0 Å². The fourth-order valence-electron chi connectivity index (χ4n) is 3.14. The Balaban J connectivity index is 1.76. The van der Waals surface area contributed by atoms with Crippen molar-refractivity contribution in [2.75, 3.05) is 32.7 Å². The maximum atomic E-state index is 12.9. The molecule has 1 fully saturated rings. The van der Waals surface area contributed by atoms with Gasteiger partial charge in [-0.3, -0.25) is 4.79 Å². The molecule has 0 radical (unpaired) electrons. The lowest BCUT2D eigenvalue weighted by Crippen LogP contribution is -2.48. The van der Waals surface area contributed by atoms with Gasteiger partial charge in [-0.25, -0.2) is 0 Å². The third-order valence-corrected chi connectivity index (χ3v) is 4.59. The lowest BCUT2D eigenvalue weighted by atomic mass is 9.99. The topological polar surface area (TPSA) is 23.6 Å². The molecule has 2 aromatic rings. The molecule has 0 bridgehead atoms. The molecular weight excluding hydrogens is 284 g/mol. The number of rotatable bonds is 4. The molecule has 0 saturated carbocycles. The van der Waals surface area contributed by atoms with E-state index in [0.29, 0.717) is 0 Å². The molecule has 1 saturated heterocycles. The van der Waals surface area contributed by atoms with Crippen molar-refractivity contribution in [3.63, 3.8) is 0 Å². The number of hydrogen-bond donors (Lipinski definition) is 0. The monoisotopic (exact) mass is 308 g/mol. The third-order valence-electron chi connectivity index (χ3n) is 4.59. The number of carbonyl (C=O) groups excluding carboxylic acids is 1. The molecule has 120 valence electrons. The smallest absolute Gasteiger partial charge is 0.254 e. The van der Waals surface area contributed by atoms with E-state index in [2.05, 4.69) is 30.0 Å². The molecule has 3 rings (SSSR count). The number of hydrogen-bond acceptors (Lipinski definition) is 2. The molecule has 0 spiro atoms. The first-order valence-corrected chi connectivity index (χ1v) is 8.41. The molecule has 0 aliphatic carbocycles. The Kier molecular flexibility index (Phi) is 5.09. The van der Waals surface area contributed by atoms with Crippen LogP contribution in [0, 0.1) is 0 Å². The summed E-state index contributed by atoms with van der Waals surface area (Å²) in [5.41, 5.74) is 3.20. The predicted octanol–water partition coefficient (Wildman–Crippen LogP) is 3.06. The lowest BCUT2D eigenvalue weighted by Gasteiger charge is -2.34. The maximum absolute atomic E-state index is 12.9. The van der Waals surface area contributed by atoms with Crippen molar-refractivity contribution in [3.05, 3.63) is 71.3 Å². The van der Waals surface area contributed by atoms with Crippen molar-refractivity contribution in [2.45, 2.75) is 13.3 Å². The van der Waals surface area contributed by atoms with Gasteiger partial charge in [0.1, 0.15) is 0 Å². The number of amides is 1. The Morgan fingerprint density at radius 3 is 2.26 bits per heavy atom. The number of nitrogens with zero attached hydrogens (tertiary/aromatic N) is 2. The summed E-state index contributed by atoms with van der Waals surface area (Å²) in [4.78, 5) is 17.3. The Bertz CT molecular complexity index is 646. The largest absolute Gasteiger partial charge is 0.336 e. The van der Waals surface area contributed by atoms with Gasteiger partial charge in [0.25, 0.3) is 5.91 Å². The van der Waals surface area contributed by atoms with Crippen LogP contribution >= 0.6 is 0 Å². The van der Waals surface area contributed by atoms with Crippen LogP contribution in [0.4, 0.5) is 0 Å². The van der Waals surface area contributed by atoms with Crippen LogP contribution in [-0.2, 0) is 6.42 Å². The molecule has 0 unspecified atom stereocenters. The van der Waals surface area contributed by atoms with Crippen molar-refractivity contribution in [1.82, 2.24) is 9.80 Å². The summed E-state index contributed by atoms with van der Waals surface area (Å²) in [5, 5.41) is 0. The zero-order chi connectivity index (χ0) is 16.1. The summed E-state index contributed by atoms with van der Waals surface area (Å²) in [6.07, 6.45) is 0.803. The first kappa shape index (κ1) is 15.8. The van der Waals surface area contributed by atoms with E-state index < -0.39 is 0 Å². The Hall–Kier alpha value is -2.13. The van der Waals surface area contributed by atoms with Crippen LogP contribution in [0.1, 0.15) is 28.4 Å². The highest BCUT2D eigenvalue weighted by Crippen LogP contribution is 2.17. The first-order valence-electron chi connectivity index (χ1n) is 8.41. The Labute approximate surface area is 138 Å². The molecule has 0 N–H and O–H groups in total. The van der Waals surface area contributed by atoms with E-state index in [4.69, 9.17) is 0 Å². The maximum Gasteiger partial charge on any atom is 0.254 e. The van der Waals surface area contributed by atoms with Gasteiger partial charge >= 0.3 is 0 Å². The van der Waals surface area contributed by atoms with Crippen molar-refractivity contribution >= 4 is 5.91 Å². The van der Waals surface area contributed by atoms with E-state index in [-0.39, 0.29) is 5.91 Å². The van der Waals surface area contributed by atoms with Gasteiger partial charge in [0, 0.05) is 31.7 Å². The third kappa shape index (κ3) is 3.80.